The van der Waals surface area contributed by atoms with E-state index in [9.17, 15) is 9.18 Å². The molecule has 0 spiro atoms. The Balaban J connectivity index is 1.86. The lowest BCUT2D eigenvalue weighted by Gasteiger charge is -2.11. The van der Waals surface area contributed by atoms with E-state index >= 15 is 0 Å². The molecule has 1 aromatic carbocycles. The molecular formula is C14H19FN2O. The normalized spacial score (nSPS) is 23.5. The molecular weight excluding hydrogens is 231 g/mol. The molecule has 4 heteroatoms. The average molecular weight is 250 g/mol. The van der Waals surface area contributed by atoms with Gasteiger partial charge in [-0.3, -0.25) is 4.79 Å². The summed E-state index contributed by atoms with van der Waals surface area (Å²) in [4.78, 5) is 11.8. The molecule has 3 nitrogen and oxygen atoms in total. The van der Waals surface area contributed by atoms with Crippen molar-refractivity contribution in [1.82, 2.24) is 10.6 Å². The van der Waals surface area contributed by atoms with E-state index in [1.807, 2.05) is 20.0 Å². The quantitative estimate of drug-likeness (QED) is 0.834. The molecule has 0 aromatic heterocycles. The zero-order valence-corrected chi connectivity index (χ0v) is 10.7. The largest absolute Gasteiger partial charge is 0.352 e. The summed E-state index contributed by atoms with van der Waals surface area (Å²) in [5.41, 5.74) is 0.974. The number of hydrogen-bond donors (Lipinski definition) is 2. The van der Waals surface area contributed by atoms with Crippen molar-refractivity contribution in [3.8, 4) is 0 Å². The Kier molecular flexibility index (Phi) is 3.97. The summed E-state index contributed by atoms with van der Waals surface area (Å²) in [7, 11) is 1.83. The number of carbonyl (C=O) groups excluding carboxylic acids is 1. The Morgan fingerprint density at radius 2 is 2.33 bits per heavy atom. The van der Waals surface area contributed by atoms with Gasteiger partial charge in [0.15, 0.2) is 0 Å². The summed E-state index contributed by atoms with van der Waals surface area (Å²) < 4.78 is 13.1. The van der Waals surface area contributed by atoms with Gasteiger partial charge in [-0.2, -0.15) is 0 Å². The molecule has 0 saturated heterocycles. The zero-order chi connectivity index (χ0) is 13.1. The predicted molar refractivity (Wildman–Crippen MR) is 68.8 cm³/mol. The number of rotatable bonds is 5. The van der Waals surface area contributed by atoms with Gasteiger partial charge in [0, 0.05) is 24.4 Å². The van der Waals surface area contributed by atoms with Gasteiger partial charge in [-0.1, -0.05) is 19.1 Å². The number of nitrogens with one attached hydrogen (secondary N) is 2. The van der Waals surface area contributed by atoms with Crippen molar-refractivity contribution in [2.45, 2.75) is 25.3 Å². The summed E-state index contributed by atoms with van der Waals surface area (Å²) in [5, 5.41) is 5.99. The Morgan fingerprint density at radius 1 is 1.56 bits per heavy atom. The average Bonchev–Trinajstić information content (AvgIpc) is 3.08. The van der Waals surface area contributed by atoms with Crippen LogP contribution in [0.2, 0.25) is 0 Å². The van der Waals surface area contributed by atoms with Crippen LogP contribution in [0.3, 0.4) is 0 Å². The lowest BCUT2D eigenvalue weighted by Crippen LogP contribution is -2.36. The van der Waals surface area contributed by atoms with Crippen molar-refractivity contribution in [3.05, 3.63) is 35.6 Å². The van der Waals surface area contributed by atoms with Crippen molar-refractivity contribution in [2.24, 2.45) is 5.92 Å². The standard InChI is InChI=1S/C14H19FN2O/c1-9(8-16-2)14(18)17-13-7-12(13)10-4-3-5-11(15)6-10/h3-6,9,12-13,16H,7-8H2,1-2H3,(H,17,18). The molecule has 1 fully saturated rings. The number of benzene rings is 1. The molecule has 0 heterocycles. The summed E-state index contributed by atoms with van der Waals surface area (Å²) in [6.45, 7) is 2.56. The van der Waals surface area contributed by atoms with Gasteiger partial charge in [-0.15, -0.1) is 0 Å². The molecule has 2 rings (SSSR count). The Hall–Kier alpha value is -1.42. The van der Waals surface area contributed by atoms with Gasteiger partial charge in [0.05, 0.1) is 0 Å². The minimum absolute atomic E-state index is 0.0382. The molecule has 0 aliphatic heterocycles. The first kappa shape index (κ1) is 13.0. The maximum Gasteiger partial charge on any atom is 0.224 e. The van der Waals surface area contributed by atoms with E-state index in [1.165, 1.54) is 6.07 Å². The lowest BCUT2D eigenvalue weighted by atomic mass is 10.1. The Labute approximate surface area is 107 Å². The highest BCUT2D eigenvalue weighted by atomic mass is 19.1. The topological polar surface area (TPSA) is 41.1 Å². The SMILES string of the molecule is CNCC(C)C(=O)NC1CC1c1cccc(F)c1. The summed E-state index contributed by atoms with van der Waals surface area (Å²) in [6, 6.07) is 6.78. The summed E-state index contributed by atoms with van der Waals surface area (Å²) >= 11 is 0. The molecule has 1 saturated carbocycles. The lowest BCUT2D eigenvalue weighted by molar-refractivity contribution is -0.124. The maximum absolute atomic E-state index is 13.1. The molecule has 3 atom stereocenters. The molecule has 98 valence electrons. The van der Waals surface area contributed by atoms with Crippen LogP contribution < -0.4 is 10.6 Å². The highest BCUT2D eigenvalue weighted by Crippen LogP contribution is 2.40. The molecule has 1 amide bonds. The van der Waals surface area contributed by atoms with Crippen molar-refractivity contribution in [3.63, 3.8) is 0 Å². The number of amides is 1. The van der Waals surface area contributed by atoms with Gasteiger partial charge in [0.25, 0.3) is 0 Å². The molecule has 3 unspecified atom stereocenters. The smallest absolute Gasteiger partial charge is 0.224 e. The third kappa shape index (κ3) is 3.07. The van der Waals surface area contributed by atoms with Crippen molar-refractivity contribution in [1.29, 1.82) is 0 Å². The first-order valence-corrected chi connectivity index (χ1v) is 6.32. The van der Waals surface area contributed by atoms with Crippen molar-refractivity contribution >= 4 is 5.91 Å². The maximum atomic E-state index is 13.1. The van der Waals surface area contributed by atoms with Crippen molar-refractivity contribution in [2.75, 3.05) is 13.6 Å². The van der Waals surface area contributed by atoms with Gasteiger partial charge < -0.3 is 10.6 Å². The van der Waals surface area contributed by atoms with E-state index < -0.39 is 0 Å². The number of halogens is 1. The van der Waals surface area contributed by atoms with E-state index in [-0.39, 0.29) is 29.6 Å². The zero-order valence-electron chi connectivity index (χ0n) is 10.7. The highest BCUT2D eigenvalue weighted by molar-refractivity contribution is 5.79. The van der Waals surface area contributed by atoms with Crippen LogP contribution in [0.5, 0.6) is 0 Å². The van der Waals surface area contributed by atoms with Gasteiger partial charge in [-0.25, -0.2) is 4.39 Å². The molecule has 2 N–H and O–H groups in total. The molecule has 0 radical (unpaired) electrons. The second-order valence-corrected chi connectivity index (χ2v) is 4.97. The van der Waals surface area contributed by atoms with Crippen LogP contribution >= 0.6 is 0 Å². The van der Waals surface area contributed by atoms with E-state index in [1.54, 1.807) is 12.1 Å². The van der Waals surface area contributed by atoms with Gasteiger partial charge in [-0.05, 0) is 31.2 Å². The third-order valence-electron chi connectivity index (χ3n) is 3.35. The van der Waals surface area contributed by atoms with Gasteiger partial charge in [0.2, 0.25) is 5.91 Å². The van der Waals surface area contributed by atoms with Gasteiger partial charge >= 0.3 is 0 Å². The first-order valence-electron chi connectivity index (χ1n) is 6.32. The minimum atomic E-state index is -0.215. The summed E-state index contributed by atoms with van der Waals surface area (Å²) in [6.07, 6.45) is 0.904. The third-order valence-corrected chi connectivity index (χ3v) is 3.35. The molecule has 1 aromatic rings. The number of hydrogen-bond acceptors (Lipinski definition) is 2. The second kappa shape index (κ2) is 5.48. The number of carbonyl (C=O) groups is 1. The fourth-order valence-electron chi connectivity index (χ4n) is 2.18. The molecule has 1 aliphatic rings. The highest BCUT2D eigenvalue weighted by Gasteiger charge is 2.40. The Bertz CT molecular complexity index is 436. The van der Waals surface area contributed by atoms with E-state index in [0.717, 1.165) is 12.0 Å². The van der Waals surface area contributed by atoms with Crippen LogP contribution in [0.1, 0.15) is 24.8 Å². The van der Waals surface area contributed by atoms with Crippen LogP contribution in [0, 0.1) is 11.7 Å². The van der Waals surface area contributed by atoms with Gasteiger partial charge in [0.1, 0.15) is 5.82 Å². The van der Waals surface area contributed by atoms with Crippen LogP contribution in [-0.2, 0) is 4.79 Å². The minimum Gasteiger partial charge on any atom is -0.352 e. The predicted octanol–water partition coefficient (Wildman–Crippen LogP) is 1.65. The van der Waals surface area contributed by atoms with E-state index in [2.05, 4.69) is 10.6 Å². The molecule has 1 aliphatic carbocycles. The van der Waals surface area contributed by atoms with Crippen LogP contribution in [0.15, 0.2) is 24.3 Å². The Morgan fingerprint density at radius 3 is 3.00 bits per heavy atom. The second-order valence-electron chi connectivity index (χ2n) is 4.97. The van der Waals surface area contributed by atoms with E-state index in [0.29, 0.717) is 6.54 Å². The first-order chi connectivity index (χ1) is 8.61. The fraction of sp³-hybridized carbons (Fsp3) is 0.500. The summed E-state index contributed by atoms with van der Waals surface area (Å²) in [5.74, 6) is 0.0801. The van der Waals surface area contributed by atoms with Crippen LogP contribution in [0.25, 0.3) is 0 Å². The molecule has 18 heavy (non-hydrogen) atoms. The van der Waals surface area contributed by atoms with Crippen LogP contribution in [0.4, 0.5) is 4.39 Å². The van der Waals surface area contributed by atoms with Crippen molar-refractivity contribution < 1.29 is 9.18 Å². The monoisotopic (exact) mass is 250 g/mol. The van der Waals surface area contributed by atoms with E-state index in [4.69, 9.17) is 0 Å². The fourth-order valence-corrected chi connectivity index (χ4v) is 2.18. The molecule has 0 bridgehead atoms. The van der Waals surface area contributed by atoms with Crippen LogP contribution in [-0.4, -0.2) is 25.5 Å².